The largest absolute Gasteiger partial charge is 0.457 e. The highest BCUT2D eigenvalue weighted by Crippen LogP contribution is 2.22. The fourth-order valence-corrected chi connectivity index (χ4v) is 1.33. The zero-order valence-electron chi connectivity index (χ0n) is 10.6. The number of hydrogen-bond acceptors (Lipinski definition) is 4. The fraction of sp³-hybridized carbons (Fsp3) is 0.750. The van der Waals surface area contributed by atoms with Crippen LogP contribution >= 0.6 is 0 Å². The van der Waals surface area contributed by atoms with E-state index in [1.807, 2.05) is 34.6 Å². The summed E-state index contributed by atoms with van der Waals surface area (Å²) in [5.41, 5.74) is -0.465. The van der Waals surface area contributed by atoms with Crippen LogP contribution in [0.1, 0.15) is 34.6 Å². The molecule has 0 spiro atoms. The molecule has 1 aliphatic rings. The minimum atomic E-state index is -0.567. The van der Waals surface area contributed by atoms with Gasteiger partial charge in [-0.05, 0) is 40.7 Å². The Bertz CT molecular complexity index is 286. The van der Waals surface area contributed by atoms with Gasteiger partial charge < -0.3 is 14.2 Å². The molecule has 1 saturated heterocycles. The smallest absolute Gasteiger partial charge is 0.331 e. The lowest BCUT2D eigenvalue weighted by molar-refractivity contribution is -0.148. The molecule has 0 aromatic heterocycles. The summed E-state index contributed by atoms with van der Waals surface area (Å²) in [7, 11) is 0. The van der Waals surface area contributed by atoms with Crippen molar-refractivity contribution in [3.05, 3.63) is 12.2 Å². The molecule has 1 rings (SSSR count). The average molecular weight is 228 g/mol. The van der Waals surface area contributed by atoms with Crippen LogP contribution in [0.25, 0.3) is 0 Å². The van der Waals surface area contributed by atoms with Gasteiger partial charge in [0.2, 0.25) is 0 Å². The summed E-state index contributed by atoms with van der Waals surface area (Å²) in [4.78, 5) is 11.4. The lowest BCUT2D eigenvalue weighted by Gasteiger charge is -2.18. The Morgan fingerprint density at radius 2 is 2.06 bits per heavy atom. The Kier molecular flexibility index (Phi) is 3.76. The maximum atomic E-state index is 11.4. The van der Waals surface area contributed by atoms with Crippen molar-refractivity contribution in [2.75, 3.05) is 6.61 Å². The third-order valence-electron chi connectivity index (χ3n) is 1.88. The van der Waals surface area contributed by atoms with Gasteiger partial charge in [0.05, 0.1) is 6.61 Å². The standard InChI is InChI=1S/C12H20O4/c1-11(2,3)16-10(13)7-6-9-8-14-12(4,5)15-9/h6-7,9H,8H2,1-5H3/b7-6-/t9-/m0/s1. The molecule has 1 fully saturated rings. The van der Waals surface area contributed by atoms with E-state index in [0.29, 0.717) is 6.61 Å². The number of carbonyl (C=O) groups is 1. The zero-order valence-corrected chi connectivity index (χ0v) is 10.6. The Morgan fingerprint density at radius 1 is 1.44 bits per heavy atom. The Labute approximate surface area is 96.6 Å². The molecule has 0 aromatic rings. The summed E-state index contributed by atoms with van der Waals surface area (Å²) in [6.07, 6.45) is 2.88. The highest BCUT2D eigenvalue weighted by atomic mass is 16.7. The molecular weight excluding hydrogens is 208 g/mol. The molecule has 0 saturated carbocycles. The molecule has 92 valence electrons. The van der Waals surface area contributed by atoms with Crippen molar-refractivity contribution >= 4 is 5.97 Å². The van der Waals surface area contributed by atoms with Crippen molar-refractivity contribution in [2.24, 2.45) is 0 Å². The van der Waals surface area contributed by atoms with Crippen molar-refractivity contribution in [3.63, 3.8) is 0 Å². The maximum Gasteiger partial charge on any atom is 0.331 e. The van der Waals surface area contributed by atoms with Crippen LogP contribution < -0.4 is 0 Å². The monoisotopic (exact) mass is 228 g/mol. The van der Waals surface area contributed by atoms with Gasteiger partial charge in [0.25, 0.3) is 0 Å². The first-order valence-electron chi connectivity index (χ1n) is 5.41. The van der Waals surface area contributed by atoms with E-state index in [4.69, 9.17) is 14.2 Å². The van der Waals surface area contributed by atoms with Crippen LogP contribution in [0.4, 0.5) is 0 Å². The predicted molar refractivity (Wildman–Crippen MR) is 59.9 cm³/mol. The van der Waals surface area contributed by atoms with Gasteiger partial charge in [-0.15, -0.1) is 0 Å². The summed E-state index contributed by atoms with van der Waals surface area (Å²) >= 11 is 0. The highest BCUT2D eigenvalue weighted by Gasteiger charge is 2.31. The second kappa shape index (κ2) is 4.55. The Morgan fingerprint density at radius 3 is 2.50 bits per heavy atom. The molecule has 0 radical (unpaired) electrons. The number of carbonyl (C=O) groups excluding carboxylic acids is 1. The topological polar surface area (TPSA) is 44.8 Å². The highest BCUT2D eigenvalue weighted by molar-refractivity contribution is 5.82. The van der Waals surface area contributed by atoms with Gasteiger partial charge in [-0.25, -0.2) is 4.79 Å². The molecule has 0 aliphatic carbocycles. The van der Waals surface area contributed by atoms with Gasteiger partial charge >= 0.3 is 5.97 Å². The Balaban J connectivity index is 2.41. The molecule has 16 heavy (non-hydrogen) atoms. The molecule has 0 amide bonds. The summed E-state index contributed by atoms with van der Waals surface area (Å²) in [5.74, 6) is -0.927. The predicted octanol–water partition coefficient (Wildman–Crippen LogP) is 2.04. The third kappa shape index (κ3) is 4.77. The second-order valence-electron chi connectivity index (χ2n) is 5.26. The summed E-state index contributed by atoms with van der Waals surface area (Å²) in [6.45, 7) is 9.64. The van der Waals surface area contributed by atoms with Crippen LogP contribution in [0.3, 0.4) is 0 Å². The van der Waals surface area contributed by atoms with Gasteiger partial charge in [-0.3, -0.25) is 0 Å². The minimum Gasteiger partial charge on any atom is -0.457 e. The lowest BCUT2D eigenvalue weighted by Crippen LogP contribution is -2.23. The van der Waals surface area contributed by atoms with E-state index >= 15 is 0 Å². The third-order valence-corrected chi connectivity index (χ3v) is 1.88. The molecule has 4 heteroatoms. The number of rotatable bonds is 2. The van der Waals surface area contributed by atoms with Gasteiger partial charge in [-0.2, -0.15) is 0 Å². The van der Waals surface area contributed by atoms with Crippen LogP contribution in [0.5, 0.6) is 0 Å². The van der Waals surface area contributed by atoms with Crippen LogP contribution in [0, 0.1) is 0 Å². The quantitative estimate of drug-likeness (QED) is 0.536. The minimum absolute atomic E-state index is 0.178. The van der Waals surface area contributed by atoms with Crippen LogP contribution in [-0.4, -0.2) is 30.1 Å². The second-order valence-corrected chi connectivity index (χ2v) is 5.26. The number of ether oxygens (including phenoxy) is 3. The first-order valence-corrected chi connectivity index (χ1v) is 5.41. The van der Waals surface area contributed by atoms with Gasteiger partial charge in [-0.1, -0.05) is 0 Å². The van der Waals surface area contributed by atoms with Gasteiger partial charge in [0.1, 0.15) is 11.7 Å². The molecule has 1 atom stereocenters. The number of esters is 1. The van der Waals surface area contributed by atoms with Gasteiger partial charge in [0.15, 0.2) is 5.79 Å². The molecule has 0 aromatic carbocycles. The molecule has 0 N–H and O–H groups in total. The van der Waals surface area contributed by atoms with Gasteiger partial charge in [0, 0.05) is 6.08 Å². The molecule has 4 nitrogen and oxygen atoms in total. The summed E-state index contributed by atoms with van der Waals surface area (Å²) in [5, 5.41) is 0. The van der Waals surface area contributed by atoms with E-state index in [1.165, 1.54) is 6.08 Å². The molecular formula is C12H20O4. The van der Waals surface area contributed by atoms with Crippen molar-refractivity contribution in [3.8, 4) is 0 Å². The van der Waals surface area contributed by atoms with Crippen LogP contribution in [-0.2, 0) is 19.0 Å². The molecule has 1 heterocycles. The average Bonchev–Trinajstić information content (AvgIpc) is 2.39. The summed E-state index contributed by atoms with van der Waals surface area (Å²) < 4.78 is 16.0. The lowest BCUT2D eigenvalue weighted by atomic mass is 10.2. The molecule has 0 unspecified atom stereocenters. The van der Waals surface area contributed by atoms with Crippen LogP contribution in [0.15, 0.2) is 12.2 Å². The van der Waals surface area contributed by atoms with E-state index in [2.05, 4.69) is 0 Å². The van der Waals surface area contributed by atoms with E-state index < -0.39 is 11.4 Å². The SMILES string of the molecule is CC(C)(C)OC(=O)/C=C\[C@H]1COC(C)(C)O1. The Hall–Kier alpha value is -0.870. The maximum absolute atomic E-state index is 11.4. The van der Waals surface area contributed by atoms with E-state index in [1.54, 1.807) is 6.08 Å². The zero-order chi connectivity index (χ0) is 12.4. The normalized spacial score (nSPS) is 24.9. The molecule has 1 aliphatic heterocycles. The van der Waals surface area contributed by atoms with E-state index in [0.717, 1.165) is 0 Å². The number of hydrogen-bond donors (Lipinski definition) is 0. The van der Waals surface area contributed by atoms with Crippen LogP contribution in [0.2, 0.25) is 0 Å². The fourth-order valence-electron chi connectivity index (χ4n) is 1.33. The summed E-state index contributed by atoms with van der Waals surface area (Å²) in [6, 6.07) is 0. The van der Waals surface area contributed by atoms with Crippen molar-refractivity contribution < 1.29 is 19.0 Å². The van der Waals surface area contributed by atoms with Crippen molar-refractivity contribution in [1.29, 1.82) is 0 Å². The van der Waals surface area contributed by atoms with E-state index in [9.17, 15) is 4.79 Å². The first kappa shape index (κ1) is 13.2. The molecule has 0 bridgehead atoms. The first-order chi connectivity index (χ1) is 7.18. The van der Waals surface area contributed by atoms with Crippen molar-refractivity contribution in [2.45, 2.75) is 52.1 Å². The van der Waals surface area contributed by atoms with Crippen molar-refractivity contribution in [1.82, 2.24) is 0 Å². The van der Waals surface area contributed by atoms with E-state index in [-0.39, 0.29) is 12.1 Å².